The molecule has 2 N–H and O–H groups in total. The summed E-state index contributed by atoms with van der Waals surface area (Å²) in [5.41, 5.74) is 6.57. The van der Waals surface area contributed by atoms with Gasteiger partial charge < -0.3 is 20.3 Å². The summed E-state index contributed by atoms with van der Waals surface area (Å²) in [6.45, 7) is 5.81. The Morgan fingerprint density at radius 2 is 1.89 bits per heavy atom. The SMILES string of the molecule is CC(C)Oc1ncnc(N(C)CCCN(C)C)c1N. The van der Waals surface area contributed by atoms with Crippen molar-refractivity contribution in [1.82, 2.24) is 14.9 Å². The molecule has 0 aliphatic carbocycles. The van der Waals surface area contributed by atoms with Crippen LogP contribution in [0.5, 0.6) is 5.88 Å². The number of ether oxygens (including phenoxy) is 1. The maximum atomic E-state index is 6.06. The summed E-state index contributed by atoms with van der Waals surface area (Å²) in [6.07, 6.45) is 2.59. The third-order valence-corrected chi connectivity index (χ3v) is 2.63. The van der Waals surface area contributed by atoms with Crippen molar-refractivity contribution in [3.63, 3.8) is 0 Å². The minimum atomic E-state index is 0.0455. The largest absolute Gasteiger partial charge is 0.473 e. The van der Waals surface area contributed by atoms with Crippen LogP contribution in [-0.2, 0) is 0 Å². The van der Waals surface area contributed by atoms with Crippen molar-refractivity contribution in [2.45, 2.75) is 26.4 Å². The molecule has 1 aromatic rings. The zero-order valence-electron chi connectivity index (χ0n) is 12.6. The Bertz CT molecular complexity index is 395. The smallest absolute Gasteiger partial charge is 0.242 e. The molecule has 6 heteroatoms. The zero-order valence-corrected chi connectivity index (χ0v) is 12.6. The van der Waals surface area contributed by atoms with E-state index in [1.54, 1.807) is 0 Å². The second-order valence-corrected chi connectivity index (χ2v) is 5.16. The first-order chi connectivity index (χ1) is 8.91. The third-order valence-electron chi connectivity index (χ3n) is 2.63. The number of nitrogens with zero attached hydrogens (tertiary/aromatic N) is 4. The minimum Gasteiger partial charge on any atom is -0.473 e. The van der Waals surface area contributed by atoms with Crippen molar-refractivity contribution in [2.75, 3.05) is 44.9 Å². The molecule has 0 saturated heterocycles. The molecule has 0 spiro atoms. The van der Waals surface area contributed by atoms with Gasteiger partial charge in [-0.25, -0.2) is 4.98 Å². The third kappa shape index (κ3) is 4.90. The highest BCUT2D eigenvalue weighted by atomic mass is 16.5. The Balaban J connectivity index is 2.71. The summed E-state index contributed by atoms with van der Waals surface area (Å²) >= 11 is 0. The van der Waals surface area contributed by atoms with Crippen LogP contribution in [-0.4, -0.2) is 55.2 Å². The van der Waals surface area contributed by atoms with Crippen LogP contribution in [0.1, 0.15) is 20.3 Å². The van der Waals surface area contributed by atoms with Gasteiger partial charge in [0, 0.05) is 13.6 Å². The van der Waals surface area contributed by atoms with E-state index < -0.39 is 0 Å². The number of nitrogens with two attached hydrogens (primary N) is 1. The van der Waals surface area contributed by atoms with Gasteiger partial charge in [-0.1, -0.05) is 0 Å². The highest BCUT2D eigenvalue weighted by Gasteiger charge is 2.13. The van der Waals surface area contributed by atoms with Gasteiger partial charge in [-0.05, 0) is 40.9 Å². The molecular weight excluding hydrogens is 242 g/mol. The van der Waals surface area contributed by atoms with E-state index in [9.17, 15) is 0 Å². The first-order valence-corrected chi connectivity index (χ1v) is 6.54. The van der Waals surface area contributed by atoms with E-state index in [2.05, 4.69) is 29.0 Å². The van der Waals surface area contributed by atoms with Gasteiger partial charge in [0.2, 0.25) is 5.88 Å². The lowest BCUT2D eigenvalue weighted by Gasteiger charge is -2.21. The Kier molecular flexibility index (Phi) is 5.82. The van der Waals surface area contributed by atoms with Crippen LogP contribution >= 0.6 is 0 Å². The topological polar surface area (TPSA) is 67.5 Å². The number of aromatic nitrogens is 2. The van der Waals surface area contributed by atoms with Crippen LogP contribution in [0.2, 0.25) is 0 Å². The van der Waals surface area contributed by atoms with Gasteiger partial charge >= 0.3 is 0 Å². The molecule has 1 rings (SSSR count). The lowest BCUT2D eigenvalue weighted by atomic mass is 10.3. The zero-order chi connectivity index (χ0) is 14.4. The monoisotopic (exact) mass is 267 g/mol. The molecule has 0 fully saturated rings. The first kappa shape index (κ1) is 15.5. The molecule has 0 unspecified atom stereocenters. The molecule has 0 bridgehead atoms. The summed E-state index contributed by atoms with van der Waals surface area (Å²) in [7, 11) is 6.11. The maximum absolute atomic E-state index is 6.06. The normalized spacial score (nSPS) is 11.1. The van der Waals surface area contributed by atoms with Crippen molar-refractivity contribution in [3.8, 4) is 5.88 Å². The van der Waals surface area contributed by atoms with Crippen LogP contribution in [0, 0.1) is 0 Å². The number of anilines is 2. The van der Waals surface area contributed by atoms with Crippen molar-refractivity contribution in [1.29, 1.82) is 0 Å². The number of hydrogen-bond donors (Lipinski definition) is 1. The highest BCUT2D eigenvalue weighted by Crippen LogP contribution is 2.27. The van der Waals surface area contributed by atoms with E-state index in [0.29, 0.717) is 11.6 Å². The minimum absolute atomic E-state index is 0.0455. The molecule has 108 valence electrons. The predicted octanol–water partition coefficient (Wildman–Crippen LogP) is 1.23. The first-order valence-electron chi connectivity index (χ1n) is 6.54. The summed E-state index contributed by atoms with van der Waals surface area (Å²) in [4.78, 5) is 12.5. The molecule has 0 atom stereocenters. The van der Waals surface area contributed by atoms with Crippen LogP contribution in [0.15, 0.2) is 6.33 Å². The molecule has 1 heterocycles. The molecule has 0 saturated carbocycles. The van der Waals surface area contributed by atoms with Crippen molar-refractivity contribution >= 4 is 11.5 Å². The van der Waals surface area contributed by atoms with Gasteiger partial charge in [0.1, 0.15) is 12.0 Å². The van der Waals surface area contributed by atoms with E-state index in [1.165, 1.54) is 6.33 Å². The van der Waals surface area contributed by atoms with Gasteiger partial charge in [0.25, 0.3) is 0 Å². The Morgan fingerprint density at radius 3 is 2.47 bits per heavy atom. The second-order valence-electron chi connectivity index (χ2n) is 5.16. The molecule has 0 radical (unpaired) electrons. The molecule has 0 aliphatic rings. The lowest BCUT2D eigenvalue weighted by molar-refractivity contribution is 0.234. The molecule has 6 nitrogen and oxygen atoms in total. The lowest BCUT2D eigenvalue weighted by Crippen LogP contribution is -2.25. The van der Waals surface area contributed by atoms with Gasteiger partial charge in [-0.2, -0.15) is 4.98 Å². The predicted molar refractivity (Wildman–Crippen MR) is 78.6 cm³/mol. The highest BCUT2D eigenvalue weighted by molar-refractivity contribution is 5.67. The molecule has 0 aromatic carbocycles. The fourth-order valence-electron chi connectivity index (χ4n) is 1.72. The molecule has 0 amide bonds. The van der Waals surface area contributed by atoms with E-state index in [4.69, 9.17) is 10.5 Å². The van der Waals surface area contributed by atoms with Crippen LogP contribution in [0.4, 0.5) is 11.5 Å². The van der Waals surface area contributed by atoms with Gasteiger partial charge in [0.05, 0.1) is 6.10 Å². The van der Waals surface area contributed by atoms with Crippen LogP contribution < -0.4 is 15.4 Å². The van der Waals surface area contributed by atoms with Gasteiger partial charge in [-0.3, -0.25) is 0 Å². The Labute approximate surface area is 115 Å². The summed E-state index contributed by atoms with van der Waals surface area (Å²) in [5, 5.41) is 0. The average molecular weight is 267 g/mol. The Hall–Kier alpha value is -1.56. The average Bonchev–Trinajstić information content (AvgIpc) is 2.30. The van der Waals surface area contributed by atoms with E-state index in [0.717, 1.165) is 25.3 Å². The standard InChI is InChI=1S/C13H25N5O/c1-10(2)19-13-11(14)12(15-9-16-13)18(5)8-6-7-17(3)4/h9-10H,6-8,14H2,1-5H3. The van der Waals surface area contributed by atoms with Crippen molar-refractivity contribution in [3.05, 3.63) is 6.33 Å². The van der Waals surface area contributed by atoms with Crippen molar-refractivity contribution in [2.24, 2.45) is 0 Å². The van der Waals surface area contributed by atoms with Crippen molar-refractivity contribution < 1.29 is 4.74 Å². The fourth-order valence-corrected chi connectivity index (χ4v) is 1.72. The molecule has 0 aliphatic heterocycles. The van der Waals surface area contributed by atoms with E-state index in [-0.39, 0.29) is 6.10 Å². The maximum Gasteiger partial charge on any atom is 0.242 e. The van der Waals surface area contributed by atoms with Gasteiger partial charge in [-0.15, -0.1) is 0 Å². The summed E-state index contributed by atoms with van der Waals surface area (Å²) < 4.78 is 5.57. The molecular formula is C13H25N5O. The number of hydrogen-bond acceptors (Lipinski definition) is 6. The van der Waals surface area contributed by atoms with Gasteiger partial charge in [0.15, 0.2) is 5.82 Å². The van der Waals surface area contributed by atoms with Crippen LogP contribution in [0.3, 0.4) is 0 Å². The van der Waals surface area contributed by atoms with E-state index >= 15 is 0 Å². The number of nitrogen functional groups attached to an aromatic ring is 1. The quantitative estimate of drug-likeness (QED) is 0.801. The fraction of sp³-hybridized carbons (Fsp3) is 0.692. The van der Waals surface area contributed by atoms with E-state index in [1.807, 2.05) is 25.8 Å². The second kappa shape index (κ2) is 7.13. The summed E-state index contributed by atoms with van der Waals surface area (Å²) in [6, 6.07) is 0. The van der Waals surface area contributed by atoms with Crippen LogP contribution in [0.25, 0.3) is 0 Å². The molecule has 1 aromatic heterocycles. The summed E-state index contributed by atoms with van der Waals surface area (Å²) in [5.74, 6) is 1.18. The Morgan fingerprint density at radius 1 is 1.21 bits per heavy atom. The number of rotatable bonds is 7. The molecule has 19 heavy (non-hydrogen) atoms.